The van der Waals surface area contributed by atoms with Crippen molar-refractivity contribution in [3.63, 3.8) is 0 Å². The number of benzene rings is 2. The molecule has 1 fully saturated rings. The Hall–Kier alpha value is -3.55. The van der Waals surface area contributed by atoms with Crippen LogP contribution in [0.25, 0.3) is 10.9 Å². The molecule has 31 heavy (non-hydrogen) atoms. The Bertz CT molecular complexity index is 1070. The van der Waals surface area contributed by atoms with Crippen LogP contribution >= 0.6 is 0 Å². The first kappa shape index (κ1) is 20.7. The van der Waals surface area contributed by atoms with Gasteiger partial charge in [-0.2, -0.15) is 5.10 Å². The van der Waals surface area contributed by atoms with Crippen molar-refractivity contribution >= 4 is 23.0 Å². The van der Waals surface area contributed by atoms with E-state index in [9.17, 15) is 9.59 Å². The Morgan fingerprint density at radius 2 is 1.81 bits per heavy atom. The smallest absolute Gasteiger partial charge is 0.415 e. The maximum atomic E-state index is 12.4. The molecule has 3 aromatic rings. The number of fused-ring (bicyclic) bond motifs is 1. The molecule has 0 unspecified atom stereocenters. The SMILES string of the molecule is Cc1ccc(OC(=O)N2CCC(Oc3ccc4c(cnn4CCC(=O)O)c3)CC2)cc1. The van der Waals surface area contributed by atoms with E-state index in [4.69, 9.17) is 14.6 Å². The van der Waals surface area contributed by atoms with Crippen LogP contribution in [-0.2, 0) is 11.3 Å². The number of rotatable bonds is 6. The highest BCUT2D eigenvalue weighted by Crippen LogP contribution is 2.25. The van der Waals surface area contributed by atoms with Gasteiger partial charge in [0.1, 0.15) is 17.6 Å². The number of carbonyl (C=O) groups is 2. The van der Waals surface area contributed by atoms with Crippen molar-refractivity contribution in [3.8, 4) is 11.5 Å². The van der Waals surface area contributed by atoms with Crippen molar-refractivity contribution < 1.29 is 24.2 Å². The molecule has 0 saturated carbocycles. The van der Waals surface area contributed by atoms with Crippen LogP contribution in [0.4, 0.5) is 4.79 Å². The molecule has 8 nitrogen and oxygen atoms in total. The van der Waals surface area contributed by atoms with Crippen LogP contribution in [0.2, 0.25) is 0 Å². The normalized spacial score (nSPS) is 14.5. The highest BCUT2D eigenvalue weighted by Gasteiger charge is 2.25. The fourth-order valence-electron chi connectivity index (χ4n) is 3.64. The average Bonchev–Trinajstić information content (AvgIpc) is 3.16. The number of aliphatic carboxylic acids is 1. The lowest BCUT2D eigenvalue weighted by Crippen LogP contribution is -2.43. The van der Waals surface area contributed by atoms with Crippen molar-refractivity contribution in [2.24, 2.45) is 0 Å². The molecule has 162 valence electrons. The van der Waals surface area contributed by atoms with Crippen LogP contribution in [0.15, 0.2) is 48.7 Å². The molecular weight excluding hydrogens is 398 g/mol. The summed E-state index contributed by atoms with van der Waals surface area (Å²) in [5.41, 5.74) is 1.99. The van der Waals surface area contributed by atoms with Gasteiger partial charge < -0.3 is 19.5 Å². The summed E-state index contributed by atoms with van der Waals surface area (Å²) in [5, 5.41) is 14.0. The van der Waals surface area contributed by atoms with Gasteiger partial charge in [0.2, 0.25) is 0 Å². The largest absolute Gasteiger partial charge is 0.490 e. The molecule has 1 amide bonds. The number of carbonyl (C=O) groups excluding carboxylic acids is 1. The summed E-state index contributed by atoms with van der Waals surface area (Å²) in [7, 11) is 0. The second kappa shape index (κ2) is 9.07. The molecule has 2 aromatic carbocycles. The molecule has 2 heterocycles. The Kier molecular flexibility index (Phi) is 6.06. The molecule has 1 aliphatic rings. The Morgan fingerprint density at radius 1 is 1.10 bits per heavy atom. The third kappa shape index (κ3) is 5.14. The van der Waals surface area contributed by atoms with E-state index in [0.717, 1.165) is 35.1 Å². The average molecular weight is 423 g/mol. The molecule has 8 heteroatoms. The van der Waals surface area contributed by atoms with Crippen LogP contribution in [0.5, 0.6) is 11.5 Å². The van der Waals surface area contributed by atoms with Gasteiger partial charge in [0.25, 0.3) is 0 Å². The molecule has 0 bridgehead atoms. The highest BCUT2D eigenvalue weighted by atomic mass is 16.6. The summed E-state index contributed by atoms with van der Waals surface area (Å²) < 4.78 is 13.3. The predicted molar refractivity (Wildman–Crippen MR) is 114 cm³/mol. The maximum Gasteiger partial charge on any atom is 0.415 e. The number of amides is 1. The van der Waals surface area contributed by atoms with Gasteiger partial charge in [-0.1, -0.05) is 17.7 Å². The second-order valence-corrected chi connectivity index (χ2v) is 7.72. The quantitative estimate of drug-likeness (QED) is 0.647. The molecule has 0 spiro atoms. The van der Waals surface area contributed by atoms with E-state index in [1.807, 2.05) is 37.3 Å². The zero-order chi connectivity index (χ0) is 21.8. The number of carboxylic acids is 1. The van der Waals surface area contributed by atoms with Crippen LogP contribution in [-0.4, -0.2) is 51.0 Å². The van der Waals surface area contributed by atoms with Gasteiger partial charge in [0.05, 0.1) is 24.7 Å². The minimum absolute atomic E-state index is 0.0166. The lowest BCUT2D eigenvalue weighted by atomic mass is 10.1. The van der Waals surface area contributed by atoms with Crippen molar-refractivity contribution in [1.29, 1.82) is 0 Å². The van der Waals surface area contributed by atoms with E-state index < -0.39 is 5.97 Å². The van der Waals surface area contributed by atoms with Gasteiger partial charge in [-0.05, 0) is 37.3 Å². The number of hydrogen-bond acceptors (Lipinski definition) is 5. The first-order valence-corrected chi connectivity index (χ1v) is 10.4. The third-order valence-corrected chi connectivity index (χ3v) is 5.38. The zero-order valence-corrected chi connectivity index (χ0v) is 17.4. The lowest BCUT2D eigenvalue weighted by molar-refractivity contribution is -0.137. The van der Waals surface area contributed by atoms with E-state index in [0.29, 0.717) is 25.4 Å². The van der Waals surface area contributed by atoms with Gasteiger partial charge in [-0.15, -0.1) is 0 Å². The molecule has 1 aromatic heterocycles. The summed E-state index contributed by atoms with van der Waals surface area (Å²) in [6.45, 7) is 3.46. The highest BCUT2D eigenvalue weighted by molar-refractivity contribution is 5.80. The summed E-state index contributed by atoms with van der Waals surface area (Å²) in [5.74, 6) is 0.440. The number of hydrogen-bond donors (Lipinski definition) is 1. The Balaban J connectivity index is 1.30. The minimum atomic E-state index is -0.849. The molecule has 1 aliphatic heterocycles. The first-order valence-electron chi connectivity index (χ1n) is 10.4. The predicted octanol–water partition coefficient (Wildman–Crippen LogP) is 3.86. The number of aromatic nitrogens is 2. The second-order valence-electron chi connectivity index (χ2n) is 7.72. The monoisotopic (exact) mass is 423 g/mol. The van der Waals surface area contributed by atoms with Crippen molar-refractivity contribution in [1.82, 2.24) is 14.7 Å². The number of carboxylic acid groups (broad SMARTS) is 1. The zero-order valence-electron chi connectivity index (χ0n) is 17.4. The van der Waals surface area contributed by atoms with Gasteiger partial charge in [-0.3, -0.25) is 9.48 Å². The number of nitrogens with zero attached hydrogens (tertiary/aromatic N) is 3. The number of likely N-dealkylation sites (tertiary alicyclic amines) is 1. The molecule has 0 aliphatic carbocycles. The third-order valence-electron chi connectivity index (χ3n) is 5.38. The number of ether oxygens (including phenoxy) is 2. The van der Waals surface area contributed by atoms with Gasteiger partial charge in [0.15, 0.2) is 0 Å². The van der Waals surface area contributed by atoms with Crippen molar-refractivity contribution in [2.75, 3.05) is 13.1 Å². The summed E-state index contributed by atoms with van der Waals surface area (Å²) >= 11 is 0. The molecular formula is C23H25N3O5. The van der Waals surface area contributed by atoms with E-state index in [-0.39, 0.29) is 18.6 Å². The van der Waals surface area contributed by atoms with Crippen molar-refractivity contribution in [2.45, 2.75) is 38.8 Å². The molecule has 0 atom stereocenters. The van der Waals surface area contributed by atoms with E-state index in [1.54, 1.807) is 27.9 Å². The Labute approximate surface area is 180 Å². The van der Waals surface area contributed by atoms with Crippen LogP contribution in [0.1, 0.15) is 24.8 Å². The fraction of sp³-hybridized carbons (Fsp3) is 0.348. The molecule has 1 saturated heterocycles. The standard InChI is InChI=1S/C23H25N3O5/c1-16-2-4-18(5-3-16)31-23(29)25-11-8-19(9-12-25)30-20-6-7-21-17(14-20)15-24-26(21)13-10-22(27)28/h2-7,14-15,19H,8-13H2,1H3,(H,27,28). The summed E-state index contributed by atoms with van der Waals surface area (Å²) in [6, 6.07) is 13.1. The molecule has 4 rings (SSSR count). The Morgan fingerprint density at radius 3 is 2.52 bits per heavy atom. The number of piperidine rings is 1. The topological polar surface area (TPSA) is 93.9 Å². The summed E-state index contributed by atoms with van der Waals surface area (Å²) in [4.78, 5) is 24.9. The van der Waals surface area contributed by atoms with Crippen LogP contribution < -0.4 is 9.47 Å². The molecule has 0 radical (unpaired) electrons. The lowest BCUT2D eigenvalue weighted by Gasteiger charge is -2.31. The fourth-order valence-corrected chi connectivity index (χ4v) is 3.64. The van der Waals surface area contributed by atoms with Crippen molar-refractivity contribution in [3.05, 3.63) is 54.2 Å². The minimum Gasteiger partial charge on any atom is -0.490 e. The van der Waals surface area contributed by atoms with E-state index in [2.05, 4.69) is 5.10 Å². The maximum absolute atomic E-state index is 12.4. The van der Waals surface area contributed by atoms with Crippen LogP contribution in [0.3, 0.4) is 0 Å². The van der Waals surface area contributed by atoms with E-state index in [1.165, 1.54) is 0 Å². The van der Waals surface area contributed by atoms with Crippen LogP contribution in [0, 0.1) is 6.92 Å². The molecule has 1 N–H and O–H groups in total. The van der Waals surface area contributed by atoms with Gasteiger partial charge in [0, 0.05) is 31.3 Å². The van der Waals surface area contributed by atoms with E-state index >= 15 is 0 Å². The summed E-state index contributed by atoms with van der Waals surface area (Å²) in [6.07, 6.45) is 2.87. The number of aryl methyl sites for hydroxylation is 2. The van der Waals surface area contributed by atoms with Gasteiger partial charge in [-0.25, -0.2) is 4.79 Å². The first-order chi connectivity index (χ1) is 15.0. The van der Waals surface area contributed by atoms with Gasteiger partial charge >= 0.3 is 12.1 Å².